The Morgan fingerprint density at radius 2 is 2.11 bits per heavy atom. The van der Waals surface area contributed by atoms with E-state index in [0.717, 1.165) is 18.9 Å². The number of carbonyl (C=O) groups is 1. The molecule has 0 radical (unpaired) electrons. The normalized spacial score (nSPS) is 15.4. The monoisotopic (exact) mass is 283 g/mol. The van der Waals surface area contributed by atoms with E-state index >= 15 is 0 Å². The van der Waals surface area contributed by atoms with Crippen molar-refractivity contribution < 1.29 is 14.5 Å². The highest BCUT2D eigenvalue weighted by Gasteiger charge is 2.20. The summed E-state index contributed by atoms with van der Waals surface area (Å²) in [5, 5.41) is 10.7. The molecule has 0 atom stereocenters. The lowest BCUT2D eigenvalue weighted by Crippen LogP contribution is -2.12. The van der Waals surface area contributed by atoms with Crippen molar-refractivity contribution in [2.24, 2.45) is 5.92 Å². The van der Waals surface area contributed by atoms with E-state index in [1.807, 2.05) is 0 Å². The molecule has 1 saturated carbocycles. The fraction of sp³-hybridized carbons (Fsp3) is 0.462. The van der Waals surface area contributed by atoms with Gasteiger partial charge < -0.3 is 4.74 Å². The molecule has 0 amide bonds. The quantitative estimate of drug-likeness (QED) is 0.481. The van der Waals surface area contributed by atoms with E-state index < -0.39 is 10.9 Å². The number of esters is 1. The van der Waals surface area contributed by atoms with Crippen LogP contribution in [0.25, 0.3) is 0 Å². The van der Waals surface area contributed by atoms with Gasteiger partial charge in [-0.2, -0.15) is 0 Å². The molecule has 0 heterocycles. The van der Waals surface area contributed by atoms with Gasteiger partial charge in [-0.1, -0.05) is 24.4 Å². The van der Waals surface area contributed by atoms with Crippen molar-refractivity contribution in [3.8, 4) is 0 Å². The van der Waals surface area contributed by atoms with Gasteiger partial charge in [-0.25, -0.2) is 4.79 Å². The third-order valence-corrected chi connectivity index (χ3v) is 3.62. The maximum atomic E-state index is 11.8. The fourth-order valence-electron chi connectivity index (χ4n) is 2.23. The van der Waals surface area contributed by atoms with Crippen LogP contribution in [0.4, 0.5) is 5.69 Å². The number of nitrogens with zero attached hydrogens (tertiary/aromatic N) is 1. The van der Waals surface area contributed by atoms with E-state index in [4.69, 9.17) is 16.3 Å². The highest BCUT2D eigenvalue weighted by Crippen LogP contribution is 2.27. The Labute approximate surface area is 115 Å². The van der Waals surface area contributed by atoms with Gasteiger partial charge in [-0.15, -0.1) is 0 Å². The van der Waals surface area contributed by atoms with Gasteiger partial charge in [0.1, 0.15) is 5.02 Å². The van der Waals surface area contributed by atoms with Crippen LogP contribution < -0.4 is 0 Å². The summed E-state index contributed by atoms with van der Waals surface area (Å²) in [5.74, 6) is -0.113. The second-order valence-corrected chi connectivity index (χ2v) is 5.08. The van der Waals surface area contributed by atoms with Gasteiger partial charge >= 0.3 is 5.97 Å². The van der Waals surface area contributed by atoms with Crippen LogP contribution in [0.3, 0.4) is 0 Å². The minimum Gasteiger partial charge on any atom is -0.462 e. The van der Waals surface area contributed by atoms with Gasteiger partial charge in [0.05, 0.1) is 17.1 Å². The Kier molecular flexibility index (Phi) is 4.37. The van der Waals surface area contributed by atoms with Crippen LogP contribution in [0.5, 0.6) is 0 Å². The molecule has 1 aromatic rings. The molecule has 0 N–H and O–H groups in total. The van der Waals surface area contributed by atoms with Gasteiger partial charge in [-0.05, 0) is 30.9 Å². The van der Waals surface area contributed by atoms with Crippen LogP contribution in [0.2, 0.25) is 5.02 Å². The molecule has 2 rings (SSSR count). The highest BCUT2D eigenvalue weighted by atomic mass is 35.5. The number of nitro benzene ring substituents is 1. The molecule has 0 spiro atoms. The smallest absolute Gasteiger partial charge is 0.338 e. The predicted molar refractivity (Wildman–Crippen MR) is 70.3 cm³/mol. The highest BCUT2D eigenvalue weighted by molar-refractivity contribution is 6.32. The van der Waals surface area contributed by atoms with Crippen molar-refractivity contribution >= 4 is 23.3 Å². The second kappa shape index (κ2) is 6.02. The molecule has 0 saturated heterocycles. The molecule has 6 heteroatoms. The predicted octanol–water partition coefficient (Wildman–Crippen LogP) is 3.60. The van der Waals surface area contributed by atoms with Crippen molar-refractivity contribution in [1.29, 1.82) is 0 Å². The Morgan fingerprint density at radius 3 is 2.74 bits per heavy atom. The van der Waals surface area contributed by atoms with Crippen LogP contribution in [0.1, 0.15) is 36.0 Å². The molecule has 1 aliphatic rings. The summed E-state index contributed by atoms with van der Waals surface area (Å²) in [6.07, 6.45) is 4.51. The van der Waals surface area contributed by atoms with Gasteiger partial charge in [0.2, 0.25) is 0 Å². The molecule has 0 unspecified atom stereocenters. The Hall–Kier alpha value is -1.62. The fourth-order valence-corrected chi connectivity index (χ4v) is 2.42. The third kappa shape index (κ3) is 3.44. The van der Waals surface area contributed by atoms with E-state index in [9.17, 15) is 14.9 Å². The molecule has 0 aliphatic heterocycles. The van der Waals surface area contributed by atoms with Crippen molar-refractivity contribution in [3.05, 3.63) is 38.9 Å². The Bertz CT molecular complexity index is 497. The standard InChI is InChI=1S/C13H14ClNO4/c14-11-6-5-10(7-12(11)15(17)18)13(16)19-8-9-3-1-2-4-9/h5-7,9H,1-4,8H2. The van der Waals surface area contributed by atoms with Crippen LogP contribution >= 0.6 is 11.6 Å². The molecular formula is C13H14ClNO4. The van der Waals surface area contributed by atoms with Crippen LogP contribution in [0, 0.1) is 16.0 Å². The van der Waals surface area contributed by atoms with E-state index in [2.05, 4.69) is 0 Å². The van der Waals surface area contributed by atoms with Crippen molar-refractivity contribution in [2.45, 2.75) is 25.7 Å². The van der Waals surface area contributed by atoms with Crippen LogP contribution in [0.15, 0.2) is 18.2 Å². The molecule has 1 fully saturated rings. The molecule has 0 aromatic heterocycles. The van der Waals surface area contributed by atoms with Gasteiger partial charge in [0, 0.05) is 6.07 Å². The molecule has 1 aromatic carbocycles. The molecule has 5 nitrogen and oxygen atoms in total. The summed E-state index contributed by atoms with van der Waals surface area (Å²) in [6.45, 7) is 0.384. The van der Waals surface area contributed by atoms with E-state index in [0.29, 0.717) is 12.5 Å². The maximum absolute atomic E-state index is 11.8. The summed E-state index contributed by atoms with van der Waals surface area (Å²) in [4.78, 5) is 21.9. The van der Waals surface area contributed by atoms with Crippen molar-refractivity contribution in [2.75, 3.05) is 6.61 Å². The Morgan fingerprint density at radius 1 is 1.42 bits per heavy atom. The number of rotatable bonds is 4. The average Bonchev–Trinajstić information content (AvgIpc) is 2.89. The van der Waals surface area contributed by atoms with Crippen molar-refractivity contribution in [3.63, 3.8) is 0 Å². The van der Waals surface area contributed by atoms with Gasteiger partial charge in [-0.3, -0.25) is 10.1 Å². The molecule has 0 bridgehead atoms. The SMILES string of the molecule is O=C(OCC1CCCC1)c1ccc(Cl)c([N+](=O)[O-])c1. The summed E-state index contributed by atoms with van der Waals surface area (Å²) in [7, 11) is 0. The zero-order chi connectivity index (χ0) is 13.8. The number of benzene rings is 1. The van der Waals surface area contributed by atoms with E-state index in [-0.39, 0.29) is 16.3 Å². The first-order chi connectivity index (χ1) is 9.08. The van der Waals surface area contributed by atoms with Crippen LogP contribution in [-0.4, -0.2) is 17.5 Å². The Balaban J connectivity index is 2.02. The van der Waals surface area contributed by atoms with Crippen molar-refractivity contribution in [1.82, 2.24) is 0 Å². The lowest BCUT2D eigenvalue weighted by Gasteiger charge is -2.10. The number of carbonyl (C=O) groups excluding carboxylic acids is 1. The summed E-state index contributed by atoms with van der Waals surface area (Å²) in [5.41, 5.74) is -0.119. The minimum atomic E-state index is -0.615. The molecule has 1 aliphatic carbocycles. The first kappa shape index (κ1) is 13.8. The lowest BCUT2D eigenvalue weighted by molar-refractivity contribution is -0.384. The van der Waals surface area contributed by atoms with E-state index in [1.165, 1.54) is 25.0 Å². The van der Waals surface area contributed by atoms with E-state index in [1.54, 1.807) is 0 Å². The second-order valence-electron chi connectivity index (χ2n) is 4.67. The lowest BCUT2D eigenvalue weighted by atomic mass is 10.1. The zero-order valence-electron chi connectivity index (χ0n) is 10.3. The first-order valence-electron chi connectivity index (χ1n) is 6.19. The number of halogens is 1. The first-order valence-corrected chi connectivity index (χ1v) is 6.57. The number of nitro groups is 1. The summed E-state index contributed by atoms with van der Waals surface area (Å²) < 4.78 is 5.18. The summed E-state index contributed by atoms with van der Waals surface area (Å²) in [6, 6.07) is 3.93. The zero-order valence-corrected chi connectivity index (χ0v) is 11.1. The average molecular weight is 284 g/mol. The minimum absolute atomic E-state index is 0.0114. The van der Waals surface area contributed by atoms with Gasteiger partial charge in [0.15, 0.2) is 0 Å². The van der Waals surface area contributed by atoms with Crippen LogP contribution in [-0.2, 0) is 4.74 Å². The maximum Gasteiger partial charge on any atom is 0.338 e. The topological polar surface area (TPSA) is 69.4 Å². The summed E-state index contributed by atoms with van der Waals surface area (Å²) >= 11 is 5.68. The third-order valence-electron chi connectivity index (χ3n) is 3.30. The number of ether oxygens (including phenoxy) is 1. The van der Waals surface area contributed by atoms with Gasteiger partial charge in [0.25, 0.3) is 5.69 Å². The molecule has 102 valence electrons. The number of hydrogen-bond donors (Lipinski definition) is 0. The number of hydrogen-bond acceptors (Lipinski definition) is 4. The molecular weight excluding hydrogens is 270 g/mol. The molecule has 19 heavy (non-hydrogen) atoms. The largest absolute Gasteiger partial charge is 0.462 e.